The molecule has 0 saturated carbocycles. The minimum Gasteiger partial charge on any atom is -0.481 e. The Balaban J connectivity index is 1.87. The van der Waals surface area contributed by atoms with Crippen LogP contribution in [-0.4, -0.2) is 64.9 Å². The first-order valence-corrected chi connectivity index (χ1v) is 11.9. The maximum absolute atomic E-state index is 13.3. The van der Waals surface area contributed by atoms with Gasteiger partial charge >= 0.3 is 0 Å². The third-order valence-corrected chi connectivity index (χ3v) is 8.53. The molecule has 0 radical (unpaired) electrons. The lowest BCUT2D eigenvalue weighted by Crippen LogP contribution is -2.44. The van der Waals surface area contributed by atoms with E-state index in [1.807, 2.05) is 6.07 Å². The number of hydrogen-bond acceptors (Lipinski definition) is 9. The highest BCUT2D eigenvalue weighted by Gasteiger charge is 2.33. The van der Waals surface area contributed by atoms with E-state index in [4.69, 9.17) is 25.2 Å². The summed E-state index contributed by atoms with van der Waals surface area (Å²) in [7, 11) is 0.846. The zero-order valence-electron chi connectivity index (χ0n) is 17.6. The number of nitrogen functional groups attached to an aromatic ring is 1. The lowest BCUT2D eigenvalue weighted by atomic mass is 10.1. The SMILES string of the molecule is CN=S1(=O)CCC[C@H]1c1cc(N2CCOC[C@H]2C)nc(-c2cc(N)nc(OC)c2)n1. The molecule has 4 rings (SSSR count). The van der Waals surface area contributed by atoms with Crippen LogP contribution in [0.4, 0.5) is 11.6 Å². The molecule has 162 valence electrons. The summed E-state index contributed by atoms with van der Waals surface area (Å²) < 4.78 is 28.4. The molecular formula is C20H28N6O3S. The van der Waals surface area contributed by atoms with E-state index in [-0.39, 0.29) is 11.3 Å². The maximum atomic E-state index is 13.3. The number of aromatic nitrogens is 3. The summed E-state index contributed by atoms with van der Waals surface area (Å²) in [5.74, 6) is 2.64. The highest BCUT2D eigenvalue weighted by Crippen LogP contribution is 2.37. The Morgan fingerprint density at radius 1 is 1.30 bits per heavy atom. The predicted octanol–water partition coefficient (Wildman–Crippen LogP) is 2.29. The van der Waals surface area contributed by atoms with Crippen LogP contribution in [0, 0.1) is 0 Å². The van der Waals surface area contributed by atoms with Crippen LogP contribution in [-0.2, 0) is 14.5 Å². The first-order chi connectivity index (χ1) is 14.4. The van der Waals surface area contributed by atoms with Crippen molar-refractivity contribution in [1.29, 1.82) is 0 Å². The van der Waals surface area contributed by atoms with Crippen LogP contribution in [0.2, 0.25) is 0 Å². The van der Waals surface area contributed by atoms with Crippen molar-refractivity contribution in [3.05, 3.63) is 23.9 Å². The second kappa shape index (κ2) is 8.35. The summed E-state index contributed by atoms with van der Waals surface area (Å²) >= 11 is 0. The average molecular weight is 433 g/mol. The molecule has 4 heterocycles. The molecule has 2 fully saturated rings. The Morgan fingerprint density at radius 2 is 2.13 bits per heavy atom. The second-order valence-electron chi connectivity index (χ2n) is 7.62. The van der Waals surface area contributed by atoms with Gasteiger partial charge in [-0.2, -0.15) is 4.98 Å². The van der Waals surface area contributed by atoms with Crippen molar-refractivity contribution in [3.8, 4) is 17.3 Å². The fourth-order valence-corrected chi connectivity index (χ4v) is 6.41. The summed E-state index contributed by atoms with van der Waals surface area (Å²) in [4.78, 5) is 16.0. The first kappa shape index (κ1) is 20.8. The average Bonchev–Trinajstić information content (AvgIpc) is 3.15. The van der Waals surface area contributed by atoms with Gasteiger partial charge in [0.2, 0.25) is 5.88 Å². The van der Waals surface area contributed by atoms with Crippen molar-refractivity contribution in [2.24, 2.45) is 4.36 Å². The highest BCUT2D eigenvalue weighted by atomic mass is 32.2. The minimum absolute atomic E-state index is 0.176. The molecule has 0 bridgehead atoms. The van der Waals surface area contributed by atoms with E-state index in [1.165, 1.54) is 0 Å². The van der Waals surface area contributed by atoms with Crippen molar-refractivity contribution >= 4 is 21.4 Å². The van der Waals surface area contributed by atoms with E-state index in [1.54, 1.807) is 26.3 Å². The molecule has 2 saturated heterocycles. The number of hydrogen-bond donors (Lipinski definition) is 1. The molecule has 2 aliphatic heterocycles. The lowest BCUT2D eigenvalue weighted by Gasteiger charge is -2.34. The van der Waals surface area contributed by atoms with Crippen molar-refractivity contribution in [1.82, 2.24) is 15.0 Å². The van der Waals surface area contributed by atoms with Gasteiger partial charge in [-0.15, -0.1) is 0 Å². The van der Waals surface area contributed by atoms with E-state index in [9.17, 15) is 4.21 Å². The molecule has 1 unspecified atom stereocenters. The molecule has 30 heavy (non-hydrogen) atoms. The van der Waals surface area contributed by atoms with Gasteiger partial charge in [-0.05, 0) is 25.8 Å². The van der Waals surface area contributed by atoms with Crippen LogP contribution in [0.15, 0.2) is 22.6 Å². The van der Waals surface area contributed by atoms with Crippen LogP contribution in [0.1, 0.15) is 30.7 Å². The van der Waals surface area contributed by atoms with E-state index in [0.717, 1.165) is 30.9 Å². The van der Waals surface area contributed by atoms with Crippen LogP contribution in [0.25, 0.3) is 11.4 Å². The number of pyridine rings is 1. The van der Waals surface area contributed by atoms with E-state index >= 15 is 0 Å². The number of ether oxygens (including phenoxy) is 2. The van der Waals surface area contributed by atoms with Gasteiger partial charge in [0, 0.05) is 37.0 Å². The number of nitrogens with two attached hydrogens (primary N) is 1. The Bertz CT molecular complexity index is 1050. The Kier molecular flexibility index (Phi) is 5.79. The number of rotatable bonds is 4. The topological polar surface area (TPSA) is 116 Å². The molecule has 0 aliphatic carbocycles. The summed E-state index contributed by atoms with van der Waals surface area (Å²) in [5, 5.41) is -0.208. The molecule has 2 aromatic rings. The van der Waals surface area contributed by atoms with Gasteiger partial charge in [0.15, 0.2) is 5.82 Å². The normalized spacial score (nSPS) is 26.6. The number of methoxy groups -OCH3 is 1. The number of anilines is 2. The van der Waals surface area contributed by atoms with E-state index < -0.39 is 9.73 Å². The molecule has 0 aromatic carbocycles. The standard InChI is InChI=1S/C20H28N6O3S/c1-13-12-29-7-6-26(13)18-11-15(16-5-4-8-30(16,27)22-2)23-20(25-18)14-9-17(21)24-19(10-14)28-3/h9-11,13,16H,4-8,12H2,1-3H3,(H2,21,24)/t13-,16+,30?/m1/s1. The third-order valence-electron chi connectivity index (χ3n) is 5.67. The fourth-order valence-electron chi connectivity index (χ4n) is 4.08. The van der Waals surface area contributed by atoms with Crippen molar-refractivity contribution in [3.63, 3.8) is 0 Å². The second-order valence-corrected chi connectivity index (χ2v) is 10.3. The number of nitrogens with zero attached hydrogens (tertiary/aromatic N) is 5. The van der Waals surface area contributed by atoms with Crippen LogP contribution in [0.3, 0.4) is 0 Å². The summed E-state index contributed by atoms with van der Waals surface area (Å²) in [6.45, 7) is 4.11. The van der Waals surface area contributed by atoms with Crippen LogP contribution in [0.5, 0.6) is 5.88 Å². The van der Waals surface area contributed by atoms with Crippen molar-refractivity contribution in [2.75, 3.05) is 50.3 Å². The van der Waals surface area contributed by atoms with Gasteiger partial charge < -0.3 is 20.1 Å². The monoisotopic (exact) mass is 432 g/mol. The van der Waals surface area contributed by atoms with Gasteiger partial charge in [-0.25, -0.2) is 18.5 Å². The van der Waals surface area contributed by atoms with E-state index in [0.29, 0.717) is 42.1 Å². The molecular weight excluding hydrogens is 404 g/mol. The van der Waals surface area contributed by atoms with Gasteiger partial charge in [0.25, 0.3) is 0 Å². The Hall–Kier alpha value is -2.46. The van der Waals surface area contributed by atoms with Gasteiger partial charge in [-0.3, -0.25) is 0 Å². The van der Waals surface area contributed by atoms with Crippen LogP contribution < -0.4 is 15.4 Å². The van der Waals surface area contributed by atoms with Gasteiger partial charge in [0.1, 0.15) is 11.6 Å². The van der Waals surface area contributed by atoms with Crippen LogP contribution >= 0.6 is 0 Å². The smallest absolute Gasteiger partial charge is 0.215 e. The fraction of sp³-hybridized carbons (Fsp3) is 0.550. The largest absolute Gasteiger partial charge is 0.481 e. The minimum atomic E-state index is -2.34. The Morgan fingerprint density at radius 3 is 2.87 bits per heavy atom. The molecule has 10 heteroatoms. The molecule has 0 amide bonds. The highest BCUT2D eigenvalue weighted by molar-refractivity contribution is 7.94. The maximum Gasteiger partial charge on any atom is 0.215 e. The zero-order chi connectivity index (χ0) is 21.3. The summed E-state index contributed by atoms with van der Waals surface area (Å²) in [6, 6.07) is 5.63. The van der Waals surface area contributed by atoms with Crippen molar-refractivity contribution in [2.45, 2.75) is 31.1 Å². The zero-order valence-corrected chi connectivity index (χ0v) is 18.4. The van der Waals surface area contributed by atoms with E-state index in [2.05, 4.69) is 21.2 Å². The summed E-state index contributed by atoms with van der Waals surface area (Å²) in [6.07, 6.45) is 1.67. The predicted molar refractivity (Wildman–Crippen MR) is 117 cm³/mol. The van der Waals surface area contributed by atoms with Gasteiger partial charge in [-0.1, -0.05) is 0 Å². The molecule has 2 aromatic heterocycles. The number of morpholine rings is 1. The lowest BCUT2D eigenvalue weighted by molar-refractivity contribution is 0.0985. The molecule has 3 atom stereocenters. The van der Waals surface area contributed by atoms with Crippen molar-refractivity contribution < 1.29 is 13.7 Å². The third kappa shape index (κ3) is 3.93. The quantitative estimate of drug-likeness (QED) is 0.782. The molecule has 2 aliphatic rings. The van der Waals surface area contributed by atoms with Gasteiger partial charge in [0.05, 0.1) is 47.0 Å². The Labute approximate surface area is 177 Å². The first-order valence-electron chi connectivity index (χ1n) is 10.1. The molecule has 0 spiro atoms. The molecule has 2 N–H and O–H groups in total. The molecule has 9 nitrogen and oxygen atoms in total. The summed E-state index contributed by atoms with van der Waals surface area (Å²) in [5.41, 5.74) is 7.44.